The monoisotopic (exact) mass is 720 g/mol. The van der Waals surface area contributed by atoms with Gasteiger partial charge in [-0.25, -0.2) is 0 Å². The number of likely N-dealkylation sites (N-methyl/N-ethyl adjacent to an activating group) is 2. The molecule has 0 unspecified atom stereocenters. The minimum absolute atomic E-state index is 0.0666. The van der Waals surface area contributed by atoms with E-state index in [0.717, 1.165) is 85.7 Å². The number of piperazine rings is 2. The van der Waals surface area contributed by atoms with Gasteiger partial charge < -0.3 is 19.6 Å². The van der Waals surface area contributed by atoms with E-state index in [-0.39, 0.29) is 15.6 Å². The summed E-state index contributed by atoms with van der Waals surface area (Å²) in [5, 5.41) is 0. The van der Waals surface area contributed by atoms with Gasteiger partial charge in [0.2, 0.25) is 0 Å². The first-order chi connectivity index (χ1) is 23.6. The van der Waals surface area contributed by atoms with Crippen LogP contribution in [0.1, 0.15) is 27.0 Å². The van der Waals surface area contributed by atoms with Crippen LogP contribution in [-0.2, 0) is 20.2 Å². The van der Waals surface area contributed by atoms with Crippen LogP contribution in [0.25, 0.3) is 11.1 Å². The Kier molecular flexibility index (Phi) is 11.5. The molecule has 13 heteroatoms. The van der Waals surface area contributed by atoms with Crippen LogP contribution in [0, 0.1) is 13.8 Å². The van der Waals surface area contributed by atoms with Crippen LogP contribution in [0.2, 0.25) is 0 Å². The van der Waals surface area contributed by atoms with Gasteiger partial charge in [0.05, 0.1) is 9.79 Å². The van der Waals surface area contributed by atoms with E-state index in [2.05, 4.69) is 70.1 Å². The molecule has 0 radical (unpaired) electrons. The van der Waals surface area contributed by atoms with Crippen molar-refractivity contribution in [2.45, 2.75) is 23.6 Å². The molecule has 2 aliphatic heterocycles. The second-order valence-electron chi connectivity index (χ2n) is 12.9. The summed E-state index contributed by atoms with van der Waals surface area (Å²) in [6.07, 6.45) is 0. The normalized spacial score (nSPS) is 16.5. The van der Waals surface area contributed by atoms with Gasteiger partial charge in [-0.15, -0.1) is 0 Å². The fourth-order valence-electron chi connectivity index (χ4n) is 6.00. The highest BCUT2D eigenvalue weighted by Gasteiger charge is 2.29. The van der Waals surface area contributed by atoms with Crippen molar-refractivity contribution in [3.8, 4) is 11.1 Å². The Morgan fingerprint density at radius 2 is 0.800 bits per heavy atom. The molecule has 0 saturated carbocycles. The van der Waals surface area contributed by atoms with Crippen LogP contribution in [0.3, 0.4) is 0 Å². The smallest absolute Gasteiger partial charge is 0.294 e. The molecule has 11 nitrogen and oxygen atoms in total. The lowest BCUT2D eigenvalue weighted by Crippen LogP contribution is -2.44. The minimum atomic E-state index is -4.02. The van der Waals surface area contributed by atoms with Crippen molar-refractivity contribution in [1.29, 1.82) is 0 Å². The van der Waals surface area contributed by atoms with E-state index in [9.17, 15) is 21.6 Å². The summed E-state index contributed by atoms with van der Waals surface area (Å²) in [5.74, 6) is 0.178. The first kappa shape index (κ1) is 37.2. The second-order valence-corrected chi connectivity index (χ2v) is 15.8. The van der Waals surface area contributed by atoms with Crippen LogP contribution in [0.5, 0.6) is 0 Å². The molecular formula is C37H44N4O7S2. The highest BCUT2D eigenvalue weighted by atomic mass is 32.2. The number of ketones is 1. The summed E-state index contributed by atoms with van der Waals surface area (Å²) in [6, 6.07) is 24.8. The lowest BCUT2D eigenvalue weighted by molar-refractivity contribution is 0.104. The Bertz CT molecular complexity index is 1890. The number of rotatable bonds is 4. The van der Waals surface area contributed by atoms with E-state index in [1.165, 1.54) is 35.6 Å². The van der Waals surface area contributed by atoms with E-state index in [0.29, 0.717) is 0 Å². The van der Waals surface area contributed by atoms with Gasteiger partial charge in [-0.05, 0) is 87.6 Å². The van der Waals surface area contributed by atoms with Crippen molar-refractivity contribution in [2.75, 3.05) is 76.3 Å². The average molecular weight is 721 g/mol. The zero-order valence-corrected chi connectivity index (χ0v) is 30.4. The van der Waals surface area contributed by atoms with E-state index in [1.54, 1.807) is 24.3 Å². The third-order valence-electron chi connectivity index (χ3n) is 9.16. The minimum Gasteiger partial charge on any atom is -0.369 e. The first-order valence-corrected chi connectivity index (χ1v) is 19.3. The maximum absolute atomic E-state index is 13.2. The summed E-state index contributed by atoms with van der Waals surface area (Å²) >= 11 is 0. The molecule has 2 fully saturated rings. The summed E-state index contributed by atoms with van der Waals surface area (Å²) in [7, 11) is -3.71. The summed E-state index contributed by atoms with van der Waals surface area (Å²) < 4.78 is 59.1. The molecule has 2 heterocycles. The zero-order valence-electron chi connectivity index (χ0n) is 28.8. The van der Waals surface area contributed by atoms with Gasteiger partial charge in [0.15, 0.2) is 5.78 Å². The van der Waals surface area contributed by atoms with Gasteiger partial charge in [-0.3, -0.25) is 13.9 Å². The number of carbonyl (C=O) groups excluding carboxylic acids is 1. The predicted molar refractivity (Wildman–Crippen MR) is 197 cm³/mol. The fraction of sp³-hybridized carbons (Fsp3) is 0.324. The Balaban J connectivity index is 0.000000182. The third kappa shape index (κ3) is 9.16. The van der Waals surface area contributed by atoms with E-state index in [1.807, 2.05) is 13.8 Å². The number of aryl methyl sites for hydroxylation is 2. The van der Waals surface area contributed by atoms with Gasteiger partial charge in [-0.1, -0.05) is 47.5 Å². The fourth-order valence-corrected chi connectivity index (χ4v) is 6.96. The molecule has 50 heavy (non-hydrogen) atoms. The molecule has 0 spiro atoms. The molecule has 4 aromatic rings. The molecule has 1 aliphatic carbocycles. The topological polar surface area (TPSA) is 139 Å². The van der Waals surface area contributed by atoms with Crippen molar-refractivity contribution in [3.63, 3.8) is 0 Å². The number of carbonyl (C=O) groups is 1. The standard InChI is InChI=1S/C23H28N4O.2C7H8O3S/c1-24-7-11-26(12-8-24)17-3-5-19-20-6-4-18(27-13-9-25(2)10-14-27)16-22(20)23(28)21(19)15-17;2*1-6-2-4-7(5-3-6)11(8,9)10/h3-6,15-16H,7-14H2,1-2H3;2*2-5H,1H3,(H,8,9,10). The average Bonchev–Trinajstić information content (AvgIpc) is 3.36. The number of nitrogens with zero attached hydrogens (tertiary/aromatic N) is 4. The molecule has 3 aliphatic rings. The van der Waals surface area contributed by atoms with Crippen LogP contribution in [-0.4, -0.2) is 108 Å². The van der Waals surface area contributed by atoms with Gasteiger partial charge in [0, 0.05) is 74.9 Å². The Labute approximate surface area is 295 Å². The number of fused-ring (bicyclic) bond motifs is 3. The van der Waals surface area contributed by atoms with Crippen LogP contribution >= 0.6 is 0 Å². The number of anilines is 2. The first-order valence-electron chi connectivity index (χ1n) is 16.4. The SMILES string of the molecule is CN1CCN(c2ccc3c(c2)C(=O)c2cc(N4CCN(C)CC4)ccc2-3)CC1.Cc1ccc(S(=O)(=O)O)cc1.Cc1ccc(S(=O)(=O)O)cc1. The van der Waals surface area contributed by atoms with E-state index in [4.69, 9.17) is 9.11 Å². The number of benzene rings is 4. The number of hydrogen-bond acceptors (Lipinski definition) is 9. The zero-order chi connectivity index (χ0) is 36.2. The predicted octanol–water partition coefficient (Wildman–Crippen LogP) is 4.89. The largest absolute Gasteiger partial charge is 0.369 e. The maximum Gasteiger partial charge on any atom is 0.294 e. The molecular weight excluding hydrogens is 677 g/mol. The van der Waals surface area contributed by atoms with Gasteiger partial charge in [-0.2, -0.15) is 16.8 Å². The molecule has 0 aromatic heterocycles. The third-order valence-corrected chi connectivity index (χ3v) is 10.9. The molecule has 2 N–H and O–H groups in total. The highest BCUT2D eigenvalue weighted by Crippen LogP contribution is 2.40. The van der Waals surface area contributed by atoms with Crippen LogP contribution in [0.15, 0.2) is 94.7 Å². The molecule has 0 atom stereocenters. The van der Waals surface area contributed by atoms with Crippen molar-refractivity contribution >= 4 is 37.4 Å². The molecule has 7 rings (SSSR count). The van der Waals surface area contributed by atoms with Crippen LogP contribution < -0.4 is 9.80 Å². The van der Waals surface area contributed by atoms with Crippen molar-refractivity contribution in [1.82, 2.24) is 9.80 Å². The Morgan fingerprint density at radius 3 is 1.10 bits per heavy atom. The van der Waals surface area contributed by atoms with Gasteiger partial charge >= 0.3 is 0 Å². The van der Waals surface area contributed by atoms with Crippen molar-refractivity contribution < 1.29 is 30.7 Å². The van der Waals surface area contributed by atoms with Gasteiger partial charge in [0.25, 0.3) is 20.2 Å². The molecule has 0 bridgehead atoms. The molecule has 266 valence electrons. The Morgan fingerprint density at radius 1 is 0.480 bits per heavy atom. The molecule has 0 amide bonds. The van der Waals surface area contributed by atoms with Gasteiger partial charge in [0.1, 0.15) is 0 Å². The lowest BCUT2D eigenvalue weighted by Gasteiger charge is -2.34. The van der Waals surface area contributed by atoms with E-state index >= 15 is 0 Å². The lowest BCUT2D eigenvalue weighted by atomic mass is 10.0. The van der Waals surface area contributed by atoms with Crippen molar-refractivity contribution in [2.24, 2.45) is 0 Å². The second kappa shape index (κ2) is 15.4. The van der Waals surface area contributed by atoms with E-state index < -0.39 is 20.2 Å². The quantitative estimate of drug-likeness (QED) is 0.246. The Hall–Kier alpha value is -4.11. The number of hydrogen-bond donors (Lipinski definition) is 2. The molecule has 2 saturated heterocycles. The summed E-state index contributed by atoms with van der Waals surface area (Å²) in [6.45, 7) is 12.0. The van der Waals surface area contributed by atoms with Crippen LogP contribution in [0.4, 0.5) is 11.4 Å². The summed E-state index contributed by atoms with van der Waals surface area (Å²) in [5.41, 5.74) is 8.16. The molecule has 4 aromatic carbocycles. The van der Waals surface area contributed by atoms with Crippen molar-refractivity contribution in [3.05, 3.63) is 107 Å². The summed E-state index contributed by atoms with van der Waals surface area (Å²) in [4.78, 5) is 22.6. The highest BCUT2D eigenvalue weighted by molar-refractivity contribution is 7.86. The maximum atomic E-state index is 13.2.